The van der Waals surface area contributed by atoms with Gasteiger partial charge in [0, 0.05) is 6.04 Å². The first-order chi connectivity index (χ1) is 9.37. The number of carboxylic acid groups (broad SMARTS) is 1. The first-order valence-electron chi connectivity index (χ1n) is 7.40. The van der Waals surface area contributed by atoms with Crippen LogP contribution in [0.5, 0.6) is 0 Å². The molecule has 0 radical (unpaired) electrons. The summed E-state index contributed by atoms with van der Waals surface area (Å²) in [5.41, 5.74) is 1.38. The molecule has 3 atom stereocenters. The van der Waals surface area contributed by atoms with Gasteiger partial charge in [0.15, 0.2) is 0 Å². The summed E-state index contributed by atoms with van der Waals surface area (Å²) in [4.78, 5) is 11.5. The molecule has 0 saturated heterocycles. The number of rotatable bonds is 5. The standard InChI is InChI=1S/C17H25NO2/c1-12-10-17(2,3)11-15(12)18-14(16(19)20)9-13-7-5-4-6-8-13/h4-8,12,14-15,18H,9-11H2,1-3H3,(H,19,20)/t12?,14-,15?/m0/s1. The van der Waals surface area contributed by atoms with Crippen molar-refractivity contribution in [2.45, 2.75) is 52.1 Å². The van der Waals surface area contributed by atoms with E-state index in [0.29, 0.717) is 23.8 Å². The van der Waals surface area contributed by atoms with E-state index in [0.717, 1.165) is 18.4 Å². The van der Waals surface area contributed by atoms with Gasteiger partial charge in [-0.25, -0.2) is 0 Å². The fourth-order valence-corrected chi connectivity index (χ4v) is 3.44. The molecule has 3 nitrogen and oxygen atoms in total. The monoisotopic (exact) mass is 275 g/mol. The lowest BCUT2D eigenvalue weighted by Gasteiger charge is -2.23. The van der Waals surface area contributed by atoms with Crippen LogP contribution >= 0.6 is 0 Å². The van der Waals surface area contributed by atoms with Crippen LogP contribution in [0, 0.1) is 11.3 Å². The Hall–Kier alpha value is -1.35. The van der Waals surface area contributed by atoms with E-state index in [1.54, 1.807) is 0 Å². The van der Waals surface area contributed by atoms with E-state index in [1.165, 1.54) is 0 Å². The van der Waals surface area contributed by atoms with Crippen molar-refractivity contribution in [2.24, 2.45) is 11.3 Å². The normalized spacial score (nSPS) is 26.4. The first kappa shape index (κ1) is 15.0. The number of benzene rings is 1. The topological polar surface area (TPSA) is 49.3 Å². The SMILES string of the molecule is CC1CC(C)(C)CC1N[C@@H](Cc1ccccc1)C(=O)O. The van der Waals surface area contributed by atoms with E-state index in [9.17, 15) is 9.90 Å². The van der Waals surface area contributed by atoms with Gasteiger partial charge in [-0.2, -0.15) is 0 Å². The average molecular weight is 275 g/mol. The lowest BCUT2D eigenvalue weighted by molar-refractivity contribution is -0.139. The quantitative estimate of drug-likeness (QED) is 0.868. The van der Waals surface area contributed by atoms with E-state index >= 15 is 0 Å². The number of carboxylic acids is 1. The van der Waals surface area contributed by atoms with Crippen LogP contribution in [0.15, 0.2) is 30.3 Å². The van der Waals surface area contributed by atoms with Crippen molar-refractivity contribution in [3.05, 3.63) is 35.9 Å². The fraction of sp³-hybridized carbons (Fsp3) is 0.588. The molecule has 1 aromatic rings. The summed E-state index contributed by atoms with van der Waals surface area (Å²) in [6.07, 6.45) is 2.74. The lowest BCUT2D eigenvalue weighted by Crippen LogP contribution is -2.46. The van der Waals surface area contributed by atoms with Crippen LogP contribution in [0.2, 0.25) is 0 Å². The van der Waals surface area contributed by atoms with Crippen LogP contribution in [-0.2, 0) is 11.2 Å². The highest BCUT2D eigenvalue weighted by molar-refractivity contribution is 5.74. The summed E-state index contributed by atoms with van der Waals surface area (Å²) in [7, 11) is 0. The summed E-state index contributed by atoms with van der Waals surface area (Å²) in [6, 6.07) is 9.63. The summed E-state index contributed by atoms with van der Waals surface area (Å²) in [5, 5.41) is 12.8. The third kappa shape index (κ3) is 3.83. The Kier molecular flexibility index (Phi) is 4.48. The number of hydrogen-bond donors (Lipinski definition) is 2. The molecule has 0 aliphatic heterocycles. The molecule has 20 heavy (non-hydrogen) atoms. The van der Waals surface area contributed by atoms with Crippen molar-refractivity contribution in [3.8, 4) is 0 Å². The van der Waals surface area contributed by atoms with Crippen molar-refractivity contribution in [2.75, 3.05) is 0 Å². The van der Waals surface area contributed by atoms with Crippen LogP contribution in [0.25, 0.3) is 0 Å². The Morgan fingerprint density at radius 2 is 2.00 bits per heavy atom. The third-order valence-electron chi connectivity index (χ3n) is 4.33. The molecular formula is C17H25NO2. The maximum absolute atomic E-state index is 11.5. The Bertz CT molecular complexity index is 455. The zero-order valence-corrected chi connectivity index (χ0v) is 12.6. The van der Waals surface area contributed by atoms with Gasteiger partial charge >= 0.3 is 5.97 Å². The van der Waals surface area contributed by atoms with Crippen LogP contribution in [0.4, 0.5) is 0 Å². The second-order valence-corrected chi connectivity index (χ2v) is 6.90. The predicted octanol–water partition coefficient (Wildman–Crippen LogP) is 3.10. The van der Waals surface area contributed by atoms with E-state index < -0.39 is 12.0 Å². The lowest BCUT2D eigenvalue weighted by atomic mass is 9.91. The molecule has 2 N–H and O–H groups in total. The molecule has 1 aliphatic carbocycles. The van der Waals surface area contributed by atoms with Gasteiger partial charge in [0.05, 0.1) is 0 Å². The molecular weight excluding hydrogens is 250 g/mol. The summed E-state index contributed by atoms with van der Waals surface area (Å²) in [5.74, 6) is -0.228. The third-order valence-corrected chi connectivity index (χ3v) is 4.33. The fourth-order valence-electron chi connectivity index (χ4n) is 3.44. The number of carbonyl (C=O) groups is 1. The molecule has 2 unspecified atom stereocenters. The first-order valence-corrected chi connectivity index (χ1v) is 7.40. The number of hydrogen-bond acceptors (Lipinski definition) is 2. The molecule has 0 spiro atoms. The van der Waals surface area contributed by atoms with E-state index in [4.69, 9.17) is 0 Å². The maximum Gasteiger partial charge on any atom is 0.321 e. The molecule has 1 aliphatic rings. The van der Waals surface area contributed by atoms with Crippen LogP contribution in [-0.4, -0.2) is 23.2 Å². The number of nitrogens with one attached hydrogen (secondary N) is 1. The van der Waals surface area contributed by atoms with Gasteiger partial charge in [0.25, 0.3) is 0 Å². The van der Waals surface area contributed by atoms with Crippen LogP contribution in [0.3, 0.4) is 0 Å². The number of aliphatic carboxylic acids is 1. The minimum Gasteiger partial charge on any atom is -0.480 e. The maximum atomic E-state index is 11.5. The summed E-state index contributed by atoms with van der Waals surface area (Å²) in [6.45, 7) is 6.74. The van der Waals surface area contributed by atoms with Crippen LogP contribution < -0.4 is 5.32 Å². The van der Waals surface area contributed by atoms with Gasteiger partial charge in [0.1, 0.15) is 6.04 Å². The van der Waals surface area contributed by atoms with Crippen LogP contribution in [0.1, 0.15) is 39.2 Å². The van der Waals surface area contributed by atoms with Gasteiger partial charge in [-0.3, -0.25) is 4.79 Å². The largest absolute Gasteiger partial charge is 0.480 e. The van der Waals surface area contributed by atoms with Gasteiger partial charge in [0.2, 0.25) is 0 Å². The zero-order chi connectivity index (χ0) is 14.8. The van der Waals surface area contributed by atoms with E-state index in [1.807, 2.05) is 30.3 Å². The predicted molar refractivity (Wildman–Crippen MR) is 80.7 cm³/mol. The Morgan fingerprint density at radius 1 is 1.35 bits per heavy atom. The highest BCUT2D eigenvalue weighted by Crippen LogP contribution is 2.41. The Balaban J connectivity index is 2.02. The van der Waals surface area contributed by atoms with Crippen molar-refractivity contribution < 1.29 is 9.90 Å². The molecule has 3 heteroatoms. The van der Waals surface area contributed by atoms with Crippen molar-refractivity contribution in [1.29, 1.82) is 0 Å². The highest BCUT2D eigenvalue weighted by Gasteiger charge is 2.38. The van der Waals surface area contributed by atoms with Gasteiger partial charge in [-0.15, -0.1) is 0 Å². The molecule has 0 amide bonds. The van der Waals surface area contributed by atoms with Crippen molar-refractivity contribution >= 4 is 5.97 Å². The van der Waals surface area contributed by atoms with Crippen molar-refractivity contribution in [1.82, 2.24) is 5.32 Å². The van der Waals surface area contributed by atoms with Gasteiger partial charge < -0.3 is 10.4 Å². The Labute approximate surface area is 121 Å². The molecule has 2 rings (SSSR count). The second kappa shape index (κ2) is 5.96. The molecule has 0 bridgehead atoms. The summed E-state index contributed by atoms with van der Waals surface area (Å²) < 4.78 is 0. The molecule has 110 valence electrons. The van der Waals surface area contributed by atoms with E-state index in [2.05, 4.69) is 26.1 Å². The second-order valence-electron chi connectivity index (χ2n) is 6.90. The van der Waals surface area contributed by atoms with Gasteiger partial charge in [-0.1, -0.05) is 51.1 Å². The van der Waals surface area contributed by atoms with Crippen molar-refractivity contribution in [3.63, 3.8) is 0 Å². The molecule has 1 fully saturated rings. The average Bonchev–Trinajstić information content (AvgIpc) is 2.62. The van der Waals surface area contributed by atoms with Gasteiger partial charge in [-0.05, 0) is 36.2 Å². The highest BCUT2D eigenvalue weighted by atomic mass is 16.4. The minimum atomic E-state index is -0.759. The molecule has 0 heterocycles. The molecule has 0 aromatic heterocycles. The smallest absolute Gasteiger partial charge is 0.321 e. The summed E-state index contributed by atoms with van der Waals surface area (Å²) >= 11 is 0. The minimum absolute atomic E-state index is 0.301. The Morgan fingerprint density at radius 3 is 2.50 bits per heavy atom. The molecule has 1 saturated carbocycles. The molecule has 1 aromatic carbocycles. The zero-order valence-electron chi connectivity index (χ0n) is 12.6. The van der Waals surface area contributed by atoms with E-state index in [-0.39, 0.29) is 0 Å².